The Kier molecular flexibility index (Phi) is 13.5. The fraction of sp³-hybridized carbons (Fsp3) is 0.933. The van der Waals surface area contributed by atoms with Crippen LogP contribution in [0.1, 0.15) is 53.9 Å². The van der Waals surface area contributed by atoms with Gasteiger partial charge in [-0.15, -0.1) is 0 Å². The maximum Gasteiger partial charge on any atom is 0.207 e. The number of nitrogens with zero attached hydrogens (tertiary/aromatic N) is 1. The van der Waals surface area contributed by atoms with E-state index in [1.165, 1.54) is 19.5 Å². The lowest BCUT2D eigenvalue weighted by Crippen LogP contribution is -2.33. The third kappa shape index (κ3) is 9.91. The van der Waals surface area contributed by atoms with E-state index in [4.69, 9.17) is 5.11 Å². The maximum atomic E-state index is 9.80. The van der Waals surface area contributed by atoms with Gasteiger partial charge in [0.05, 0.1) is 12.1 Å². The van der Waals surface area contributed by atoms with Crippen molar-refractivity contribution in [3.63, 3.8) is 0 Å². The predicted octanol–water partition coefficient (Wildman–Crippen LogP) is 2.27. The molecule has 0 radical (unpaired) electrons. The lowest BCUT2D eigenvalue weighted by Gasteiger charge is -2.07. The minimum absolute atomic E-state index is 0.0751. The molecule has 1 amide bonds. The molecule has 1 heterocycles. The molecule has 0 aromatic rings. The summed E-state index contributed by atoms with van der Waals surface area (Å²) in [7, 11) is 2.18. The van der Waals surface area contributed by atoms with E-state index in [9.17, 15) is 4.79 Å². The second-order valence-corrected chi connectivity index (χ2v) is 4.86. The second kappa shape index (κ2) is 12.4. The van der Waals surface area contributed by atoms with Gasteiger partial charge in [0.15, 0.2) is 0 Å². The van der Waals surface area contributed by atoms with Crippen LogP contribution in [0.4, 0.5) is 0 Å². The molecule has 2 fully saturated rings. The van der Waals surface area contributed by atoms with Gasteiger partial charge in [-0.25, -0.2) is 0 Å². The van der Waals surface area contributed by atoms with E-state index in [2.05, 4.69) is 24.2 Å². The Morgan fingerprint density at radius 2 is 1.84 bits per heavy atom. The van der Waals surface area contributed by atoms with Gasteiger partial charge in [-0.3, -0.25) is 4.79 Å². The lowest BCUT2D eigenvalue weighted by atomic mass is 10.2. The Balaban J connectivity index is 0. The number of nitrogens with one attached hydrogen (secondary N) is 1. The molecule has 116 valence electrons. The van der Waals surface area contributed by atoms with Crippen molar-refractivity contribution in [1.29, 1.82) is 0 Å². The van der Waals surface area contributed by atoms with Gasteiger partial charge in [0.1, 0.15) is 0 Å². The molecule has 0 aromatic heterocycles. The Morgan fingerprint density at radius 3 is 1.95 bits per heavy atom. The van der Waals surface area contributed by atoms with E-state index in [0.717, 1.165) is 18.8 Å². The first kappa shape index (κ1) is 20.7. The highest BCUT2D eigenvalue weighted by molar-refractivity contribution is 5.49. The zero-order valence-corrected chi connectivity index (χ0v) is 13.7. The molecule has 19 heavy (non-hydrogen) atoms. The van der Waals surface area contributed by atoms with E-state index in [0.29, 0.717) is 6.41 Å². The molecule has 4 heteroatoms. The molecular weight excluding hydrogens is 240 g/mol. The molecule has 2 rings (SSSR count). The summed E-state index contributed by atoms with van der Waals surface area (Å²) >= 11 is 0. The molecule has 2 N–H and O–H groups in total. The van der Waals surface area contributed by atoms with E-state index in [-0.39, 0.29) is 12.1 Å². The van der Waals surface area contributed by atoms with Crippen molar-refractivity contribution in [3.8, 4) is 0 Å². The predicted molar refractivity (Wildman–Crippen MR) is 82.2 cm³/mol. The van der Waals surface area contributed by atoms with Crippen molar-refractivity contribution >= 4 is 6.41 Å². The van der Waals surface area contributed by atoms with Crippen LogP contribution in [-0.2, 0) is 4.79 Å². The Hall–Kier alpha value is -0.610. The molecule has 0 spiro atoms. The third-order valence-corrected chi connectivity index (χ3v) is 3.15. The van der Waals surface area contributed by atoms with Crippen molar-refractivity contribution in [2.45, 2.75) is 59.4 Å². The first-order valence-corrected chi connectivity index (χ1v) is 7.62. The zero-order valence-electron chi connectivity index (χ0n) is 13.7. The van der Waals surface area contributed by atoms with Crippen molar-refractivity contribution in [2.24, 2.45) is 5.92 Å². The van der Waals surface area contributed by atoms with Crippen LogP contribution in [0.25, 0.3) is 0 Å². The molecule has 4 nitrogen and oxygen atoms in total. The van der Waals surface area contributed by atoms with Crippen LogP contribution in [0.3, 0.4) is 0 Å². The fourth-order valence-electron chi connectivity index (χ4n) is 1.78. The maximum absolute atomic E-state index is 9.80. The van der Waals surface area contributed by atoms with Crippen molar-refractivity contribution in [3.05, 3.63) is 0 Å². The third-order valence-electron chi connectivity index (χ3n) is 3.15. The molecular formula is C15H34N2O2. The Bertz CT molecular complexity index is 198. The van der Waals surface area contributed by atoms with Gasteiger partial charge < -0.3 is 15.3 Å². The first-order chi connectivity index (χ1) is 9.12. The van der Waals surface area contributed by atoms with Crippen molar-refractivity contribution in [2.75, 3.05) is 26.7 Å². The van der Waals surface area contributed by atoms with Crippen LogP contribution in [0.2, 0.25) is 0 Å². The number of carbonyl (C=O) groups is 1. The van der Waals surface area contributed by atoms with Crippen LogP contribution in [0.5, 0.6) is 0 Å². The number of hydrogen-bond acceptors (Lipinski definition) is 3. The summed E-state index contributed by atoms with van der Waals surface area (Å²) in [5.41, 5.74) is -0.220. The van der Waals surface area contributed by atoms with Crippen molar-refractivity contribution < 1.29 is 9.90 Å². The second-order valence-electron chi connectivity index (χ2n) is 4.86. The fourth-order valence-corrected chi connectivity index (χ4v) is 1.78. The van der Waals surface area contributed by atoms with Gasteiger partial charge in [-0.05, 0) is 38.8 Å². The molecule has 0 aromatic carbocycles. The van der Waals surface area contributed by atoms with Gasteiger partial charge >= 0.3 is 0 Å². The molecule has 2 aliphatic rings. The zero-order chi connectivity index (χ0) is 15.3. The summed E-state index contributed by atoms with van der Waals surface area (Å²) in [5, 5.41) is 11.1. The Labute approximate surface area is 119 Å². The Morgan fingerprint density at radius 1 is 1.32 bits per heavy atom. The number of rotatable bonds is 3. The summed E-state index contributed by atoms with van der Waals surface area (Å²) in [5.74, 6) is 0.949. The summed E-state index contributed by atoms with van der Waals surface area (Å²) < 4.78 is 0. The van der Waals surface area contributed by atoms with Gasteiger partial charge in [0, 0.05) is 6.54 Å². The molecule has 1 saturated carbocycles. The van der Waals surface area contributed by atoms with E-state index >= 15 is 0 Å². The highest BCUT2D eigenvalue weighted by Gasteiger charge is 2.41. The summed E-state index contributed by atoms with van der Waals surface area (Å²) in [6.07, 6.45) is 3.88. The van der Waals surface area contributed by atoms with Crippen molar-refractivity contribution in [1.82, 2.24) is 10.2 Å². The number of aliphatic hydroxyl groups is 1. The highest BCUT2D eigenvalue weighted by Crippen LogP contribution is 2.33. The number of carbonyl (C=O) groups excluding carboxylic acids is 1. The number of aliphatic hydroxyl groups excluding tert-OH is 1. The molecule has 1 aliphatic heterocycles. The summed E-state index contributed by atoms with van der Waals surface area (Å²) in [6, 6.07) is 0. The molecule has 0 bridgehead atoms. The monoisotopic (exact) mass is 274 g/mol. The molecule has 1 unspecified atom stereocenters. The topological polar surface area (TPSA) is 52.6 Å². The molecule has 1 atom stereocenters. The SMILES string of the molecule is CC.CC.CC1CCN(C)C1.O=CNC1(CO)CC1. The standard InChI is InChI=1S/C6H13N.C5H9NO2.2C2H6/c1-6-3-4-7(2)5-6;7-3-5(1-2-5)6-4-8;2*1-2/h6H,3-5H2,1-2H3;4,7H,1-3H2,(H,6,8);2*1-2H3. The van der Waals surface area contributed by atoms with Gasteiger partial charge in [-0.2, -0.15) is 0 Å². The van der Waals surface area contributed by atoms with Gasteiger partial charge in [-0.1, -0.05) is 34.6 Å². The van der Waals surface area contributed by atoms with Crippen LogP contribution >= 0.6 is 0 Å². The average Bonchev–Trinajstić information content (AvgIpc) is 3.13. The normalized spacial score (nSPS) is 22.6. The average molecular weight is 274 g/mol. The quantitative estimate of drug-likeness (QED) is 0.776. The van der Waals surface area contributed by atoms with Crippen LogP contribution in [0.15, 0.2) is 0 Å². The largest absolute Gasteiger partial charge is 0.394 e. The lowest BCUT2D eigenvalue weighted by molar-refractivity contribution is -0.110. The highest BCUT2D eigenvalue weighted by atomic mass is 16.3. The minimum Gasteiger partial charge on any atom is -0.394 e. The van der Waals surface area contributed by atoms with Crippen LogP contribution in [0, 0.1) is 5.92 Å². The van der Waals surface area contributed by atoms with Crippen LogP contribution in [-0.4, -0.2) is 48.7 Å². The smallest absolute Gasteiger partial charge is 0.207 e. The number of likely N-dealkylation sites (tertiary alicyclic amines) is 1. The minimum atomic E-state index is -0.220. The van der Waals surface area contributed by atoms with Gasteiger partial charge in [0.25, 0.3) is 0 Å². The summed E-state index contributed by atoms with van der Waals surface area (Å²) in [4.78, 5) is 12.2. The van der Waals surface area contributed by atoms with Crippen LogP contribution < -0.4 is 5.32 Å². The summed E-state index contributed by atoms with van der Waals surface area (Å²) in [6.45, 7) is 13.0. The number of amides is 1. The van der Waals surface area contributed by atoms with E-state index in [1.807, 2.05) is 27.7 Å². The van der Waals surface area contributed by atoms with E-state index < -0.39 is 0 Å². The van der Waals surface area contributed by atoms with E-state index in [1.54, 1.807) is 0 Å². The molecule has 1 aliphatic carbocycles. The molecule has 1 saturated heterocycles. The first-order valence-electron chi connectivity index (χ1n) is 7.62. The number of hydrogen-bond donors (Lipinski definition) is 2. The van der Waals surface area contributed by atoms with Gasteiger partial charge in [0.2, 0.25) is 6.41 Å².